The third-order valence-corrected chi connectivity index (χ3v) is 3.04. The van der Waals surface area contributed by atoms with Gasteiger partial charge in [-0.25, -0.2) is 4.98 Å². The van der Waals surface area contributed by atoms with Crippen LogP contribution in [0, 0.1) is 0 Å². The first-order chi connectivity index (χ1) is 9.17. The number of pyridine rings is 1. The number of hydrogen-bond donors (Lipinski definition) is 1. The molecule has 4 heteroatoms. The summed E-state index contributed by atoms with van der Waals surface area (Å²) >= 11 is 0. The lowest BCUT2D eigenvalue weighted by Crippen LogP contribution is -2.15. The van der Waals surface area contributed by atoms with Gasteiger partial charge in [0.05, 0.1) is 7.11 Å². The minimum atomic E-state index is 0.452. The van der Waals surface area contributed by atoms with Crippen molar-refractivity contribution in [3.8, 4) is 16.9 Å². The summed E-state index contributed by atoms with van der Waals surface area (Å²) < 4.78 is 5.27. The zero-order chi connectivity index (χ0) is 13.8. The van der Waals surface area contributed by atoms with Crippen LogP contribution in [0.5, 0.6) is 5.75 Å². The third kappa shape index (κ3) is 2.69. The van der Waals surface area contributed by atoms with Gasteiger partial charge in [-0.3, -0.25) is 0 Å². The van der Waals surface area contributed by atoms with Gasteiger partial charge < -0.3 is 15.4 Å². The van der Waals surface area contributed by atoms with E-state index in [2.05, 4.69) is 11.1 Å². The molecule has 0 saturated heterocycles. The Morgan fingerprint density at radius 2 is 2.05 bits per heavy atom. The quantitative estimate of drug-likeness (QED) is 0.913. The molecule has 0 spiro atoms. The van der Waals surface area contributed by atoms with Gasteiger partial charge in [-0.05, 0) is 29.3 Å². The summed E-state index contributed by atoms with van der Waals surface area (Å²) in [5, 5.41) is 0. The minimum absolute atomic E-state index is 0.452. The van der Waals surface area contributed by atoms with Crippen molar-refractivity contribution in [3.05, 3.63) is 42.1 Å². The van der Waals surface area contributed by atoms with E-state index < -0.39 is 0 Å². The number of rotatable bonds is 4. The Kier molecular flexibility index (Phi) is 4.02. The Labute approximate surface area is 113 Å². The summed E-state index contributed by atoms with van der Waals surface area (Å²) in [7, 11) is 5.61. The molecule has 0 bridgehead atoms. The summed E-state index contributed by atoms with van der Waals surface area (Å²) in [5.74, 6) is 1.74. The fourth-order valence-corrected chi connectivity index (χ4v) is 2.13. The zero-order valence-corrected chi connectivity index (χ0v) is 11.6. The lowest BCUT2D eigenvalue weighted by atomic mass is 10.0. The first-order valence-corrected chi connectivity index (χ1v) is 6.17. The van der Waals surface area contributed by atoms with E-state index in [1.54, 1.807) is 7.11 Å². The van der Waals surface area contributed by atoms with Crippen molar-refractivity contribution in [2.45, 2.75) is 6.54 Å². The van der Waals surface area contributed by atoms with Crippen LogP contribution in [0.2, 0.25) is 0 Å². The molecule has 1 heterocycles. The van der Waals surface area contributed by atoms with Crippen molar-refractivity contribution >= 4 is 5.82 Å². The second kappa shape index (κ2) is 5.71. The van der Waals surface area contributed by atoms with Crippen LogP contribution < -0.4 is 15.4 Å². The van der Waals surface area contributed by atoms with Crippen LogP contribution in [-0.4, -0.2) is 26.2 Å². The SMILES string of the molecule is COc1cccc(-c2ccnc(N(C)C)c2CN)c1. The summed E-state index contributed by atoms with van der Waals surface area (Å²) in [6.07, 6.45) is 1.81. The van der Waals surface area contributed by atoms with Gasteiger partial charge in [-0.15, -0.1) is 0 Å². The molecule has 0 radical (unpaired) electrons. The van der Waals surface area contributed by atoms with Crippen molar-refractivity contribution in [3.63, 3.8) is 0 Å². The summed E-state index contributed by atoms with van der Waals surface area (Å²) in [4.78, 5) is 6.37. The van der Waals surface area contributed by atoms with Crippen LogP contribution in [0.1, 0.15) is 5.56 Å². The fourth-order valence-electron chi connectivity index (χ4n) is 2.13. The van der Waals surface area contributed by atoms with Crippen LogP contribution in [0.4, 0.5) is 5.82 Å². The maximum atomic E-state index is 5.90. The fraction of sp³-hybridized carbons (Fsp3) is 0.267. The first kappa shape index (κ1) is 13.4. The second-order valence-corrected chi connectivity index (χ2v) is 4.49. The number of nitrogens with two attached hydrogens (primary N) is 1. The lowest BCUT2D eigenvalue weighted by molar-refractivity contribution is 0.415. The molecule has 0 unspecified atom stereocenters. The maximum absolute atomic E-state index is 5.90. The van der Waals surface area contributed by atoms with Gasteiger partial charge in [0.15, 0.2) is 0 Å². The molecule has 0 amide bonds. The van der Waals surface area contributed by atoms with Gasteiger partial charge in [0, 0.05) is 32.4 Å². The van der Waals surface area contributed by atoms with Crippen LogP contribution in [0.3, 0.4) is 0 Å². The van der Waals surface area contributed by atoms with Crippen LogP contribution >= 0.6 is 0 Å². The van der Waals surface area contributed by atoms with Crippen molar-refractivity contribution in [1.82, 2.24) is 4.98 Å². The van der Waals surface area contributed by atoms with Gasteiger partial charge in [0.2, 0.25) is 0 Å². The van der Waals surface area contributed by atoms with E-state index in [0.717, 1.165) is 28.3 Å². The van der Waals surface area contributed by atoms with Gasteiger partial charge in [-0.2, -0.15) is 0 Å². The monoisotopic (exact) mass is 257 g/mol. The topological polar surface area (TPSA) is 51.4 Å². The molecule has 4 nitrogen and oxygen atoms in total. The molecule has 2 rings (SSSR count). The van der Waals surface area contributed by atoms with Crippen LogP contribution in [-0.2, 0) is 6.54 Å². The third-order valence-electron chi connectivity index (χ3n) is 3.04. The molecule has 0 aliphatic carbocycles. The second-order valence-electron chi connectivity index (χ2n) is 4.49. The largest absolute Gasteiger partial charge is 0.497 e. The van der Waals surface area contributed by atoms with E-state index in [1.165, 1.54) is 0 Å². The predicted octanol–water partition coefficient (Wildman–Crippen LogP) is 2.28. The highest BCUT2D eigenvalue weighted by molar-refractivity contribution is 5.73. The molecular formula is C15H19N3O. The standard InChI is InChI=1S/C15H19N3O/c1-18(2)15-14(10-16)13(7-8-17-15)11-5-4-6-12(9-11)19-3/h4-9H,10,16H2,1-3H3. The van der Waals surface area contributed by atoms with Gasteiger partial charge in [-0.1, -0.05) is 12.1 Å². The maximum Gasteiger partial charge on any atom is 0.133 e. The molecule has 100 valence electrons. The van der Waals surface area contributed by atoms with Gasteiger partial charge >= 0.3 is 0 Å². The van der Waals surface area contributed by atoms with Crippen molar-refractivity contribution < 1.29 is 4.74 Å². The van der Waals surface area contributed by atoms with E-state index in [4.69, 9.17) is 10.5 Å². The number of ether oxygens (including phenoxy) is 1. The van der Waals surface area contributed by atoms with E-state index in [0.29, 0.717) is 6.54 Å². The molecule has 2 aromatic rings. The number of benzene rings is 1. The Morgan fingerprint density at radius 1 is 1.26 bits per heavy atom. The molecule has 2 N–H and O–H groups in total. The van der Waals surface area contributed by atoms with Crippen molar-refractivity contribution in [2.75, 3.05) is 26.1 Å². The summed E-state index contributed by atoms with van der Waals surface area (Å²) in [6.45, 7) is 0.452. The molecule has 0 atom stereocenters. The van der Waals surface area contributed by atoms with Gasteiger partial charge in [0.25, 0.3) is 0 Å². The molecule has 0 saturated carbocycles. The highest BCUT2D eigenvalue weighted by Gasteiger charge is 2.11. The van der Waals surface area contributed by atoms with Crippen LogP contribution in [0.15, 0.2) is 36.5 Å². The van der Waals surface area contributed by atoms with Crippen LogP contribution in [0.25, 0.3) is 11.1 Å². The summed E-state index contributed by atoms with van der Waals surface area (Å²) in [5.41, 5.74) is 9.13. The summed E-state index contributed by atoms with van der Waals surface area (Å²) in [6, 6.07) is 9.96. The molecule has 0 aliphatic rings. The van der Waals surface area contributed by atoms with E-state index >= 15 is 0 Å². The molecule has 0 aliphatic heterocycles. The zero-order valence-electron chi connectivity index (χ0n) is 11.6. The molecule has 1 aromatic heterocycles. The molecule has 0 fully saturated rings. The molecular weight excluding hydrogens is 238 g/mol. The highest BCUT2D eigenvalue weighted by atomic mass is 16.5. The average molecular weight is 257 g/mol. The van der Waals surface area contributed by atoms with Crippen molar-refractivity contribution in [1.29, 1.82) is 0 Å². The minimum Gasteiger partial charge on any atom is -0.497 e. The average Bonchev–Trinajstić information content (AvgIpc) is 2.46. The first-order valence-electron chi connectivity index (χ1n) is 6.17. The Bertz CT molecular complexity index is 567. The number of hydrogen-bond acceptors (Lipinski definition) is 4. The Balaban J connectivity index is 2.58. The van der Waals surface area contributed by atoms with E-state index in [1.807, 2.05) is 49.5 Å². The number of methoxy groups -OCH3 is 1. The Morgan fingerprint density at radius 3 is 2.68 bits per heavy atom. The smallest absolute Gasteiger partial charge is 0.133 e. The molecule has 1 aromatic carbocycles. The normalized spacial score (nSPS) is 10.3. The van der Waals surface area contributed by atoms with Gasteiger partial charge in [0.1, 0.15) is 11.6 Å². The van der Waals surface area contributed by atoms with E-state index in [9.17, 15) is 0 Å². The number of aromatic nitrogens is 1. The Hall–Kier alpha value is -2.07. The van der Waals surface area contributed by atoms with E-state index in [-0.39, 0.29) is 0 Å². The lowest BCUT2D eigenvalue weighted by Gasteiger charge is -2.18. The predicted molar refractivity (Wildman–Crippen MR) is 78.4 cm³/mol. The number of nitrogens with zero attached hydrogens (tertiary/aromatic N) is 2. The number of anilines is 1. The van der Waals surface area contributed by atoms with Crippen molar-refractivity contribution in [2.24, 2.45) is 5.73 Å². The highest BCUT2D eigenvalue weighted by Crippen LogP contribution is 2.30. The molecule has 19 heavy (non-hydrogen) atoms.